The number of halogens is 2. The van der Waals surface area contributed by atoms with Crippen molar-refractivity contribution in [2.24, 2.45) is 0 Å². The summed E-state index contributed by atoms with van der Waals surface area (Å²) in [6.07, 6.45) is 1.08. The SMILES string of the molecule is CCOC(=O)CCCNCc1cc(Br)ccc1F. The zero-order chi connectivity index (χ0) is 13.4. The van der Waals surface area contributed by atoms with Gasteiger partial charge in [0.2, 0.25) is 0 Å². The van der Waals surface area contributed by atoms with Crippen molar-refractivity contribution in [3.05, 3.63) is 34.1 Å². The van der Waals surface area contributed by atoms with Gasteiger partial charge in [-0.15, -0.1) is 0 Å². The lowest BCUT2D eigenvalue weighted by molar-refractivity contribution is -0.143. The van der Waals surface area contributed by atoms with E-state index in [2.05, 4.69) is 21.2 Å². The van der Waals surface area contributed by atoms with Gasteiger partial charge in [-0.2, -0.15) is 0 Å². The van der Waals surface area contributed by atoms with E-state index in [1.54, 1.807) is 19.1 Å². The molecule has 1 aromatic rings. The number of hydrogen-bond acceptors (Lipinski definition) is 3. The average molecular weight is 318 g/mol. The standard InChI is InChI=1S/C13H17BrFNO2/c1-2-18-13(17)4-3-7-16-9-10-8-11(14)5-6-12(10)15/h5-6,8,16H,2-4,7,9H2,1H3. The molecule has 100 valence electrons. The van der Waals surface area contributed by atoms with Crippen LogP contribution in [0.2, 0.25) is 0 Å². The molecular weight excluding hydrogens is 301 g/mol. The first-order chi connectivity index (χ1) is 8.63. The van der Waals surface area contributed by atoms with Gasteiger partial charge >= 0.3 is 5.97 Å². The van der Waals surface area contributed by atoms with Gasteiger partial charge in [0.1, 0.15) is 5.82 Å². The van der Waals surface area contributed by atoms with Crippen LogP contribution in [0.4, 0.5) is 4.39 Å². The van der Waals surface area contributed by atoms with E-state index in [0.717, 1.165) is 4.47 Å². The van der Waals surface area contributed by atoms with Crippen LogP contribution in [0, 0.1) is 5.82 Å². The molecule has 1 N–H and O–H groups in total. The summed E-state index contributed by atoms with van der Waals surface area (Å²) in [6.45, 7) is 3.31. The molecule has 0 unspecified atom stereocenters. The van der Waals surface area contributed by atoms with Gasteiger partial charge < -0.3 is 10.1 Å². The Morgan fingerprint density at radius 2 is 2.28 bits per heavy atom. The average Bonchev–Trinajstić information content (AvgIpc) is 2.33. The maximum Gasteiger partial charge on any atom is 0.305 e. The number of rotatable bonds is 7. The minimum absolute atomic E-state index is 0.187. The van der Waals surface area contributed by atoms with Crippen molar-refractivity contribution in [1.29, 1.82) is 0 Å². The molecule has 3 nitrogen and oxygen atoms in total. The lowest BCUT2D eigenvalue weighted by Crippen LogP contribution is -2.17. The molecule has 18 heavy (non-hydrogen) atoms. The van der Waals surface area contributed by atoms with Crippen LogP contribution in [0.15, 0.2) is 22.7 Å². The Kier molecular flexibility index (Phi) is 6.90. The van der Waals surface area contributed by atoms with Gasteiger partial charge in [-0.05, 0) is 38.1 Å². The van der Waals surface area contributed by atoms with Gasteiger partial charge in [-0.25, -0.2) is 4.39 Å². The molecule has 0 aliphatic heterocycles. The van der Waals surface area contributed by atoms with Crippen molar-refractivity contribution >= 4 is 21.9 Å². The molecule has 1 rings (SSSR count). The van der Waals surface area contributed by atoms with Crippen LogP contribution in [0.1, 0.15) is 25.3 Å². The number of carbonyl (C=O) groups excluding carboxylic acids is 1. The highest BCUT2D eigenvalue weighted by molar-refractivity contribution is 9.10. The zero-order valence-corrected chi connectivity index (χ0v) is 11.9. The molecule has 0 radical (unpaired) electrons. The maximum atomic E-state index is 13.4. The number of benzene rings is 1. The Morgan fingerprint density at radius 1 is 1.50 bits per heavy atom. The van der Waals surface area contributed by atoms with Crippen LogP contribution >= 0.6 is 15.9 Å². The molecule has 0 saturated carbocycles. The van der Waals surface area contributed by atoms with Gasteiger partial charge in [0.15, 0.2) is 0 Å². The van der Waals surface area contributed by atoms with Gasteiger partial charge in [-0.1, -0.05) is 15.9 Å². The van der Waals surface area contributed by atoms with Crippen LogP contribution in [-0.4, -0.2) is 19.1 Å². The Balaban J connectivity index is 2.21. The third-order valence-electron chi connectivity index (χ3n) is 2.36. The molecule has 0 fully saturated rings. The van der Waals surface area contributed by atoms with E-state index in [0.29, 0.717) is 38.1 Å². The van der Waals surface area contributed by atoms with Crippen molar-refractivity contribution in [3.8, 4) is 0 Å². The van der Waals surface area contributed by atoms with E-state index in [1.165, 1.54) is 6.07 Å². The topological polar surface area (TPSA) is 38.3 Å². The van der Waals surface area contributed by atoms with E-state index in [9.17, 15) is 9.18 Å². The first-order valence-electron chi connectivity index (χ1n) is 5.93. The molecule has 0 atom stereocenters. The van der Waals surface area contributed by atoms with Crippen molar-refractivity contribution in [2.75, 3.05) is 13.2 Å². The second-order valence-electron chi connectivity index (χ2n) is 3.82. The second-order valence-corrected chi connectivity index (χ2v) is 4.74. The minimum Gasteiger partial charge on any atom is -0.466 e. The first kappa shape index (κ1) is 15.1. The molecule has 0 amide bonds. The fourth-order valence-corrected chi connectivity index (χ4v) is 1.90. The van der Waals surface area contributed by atoms with Gasteiger partial charge in [0.25, 0.3) is 0 Å². The smallest absolute Gasteiger partial charge is 0.305 e. The molecule has 5 heteroatoms. The summed E-state index contributed by atoms with van der Waals surface area (Å²) in [5.41, 5.74) is 0.612. The van der Waals surface area contributed by atoms with E-state index in [-0.39, 0.29) is 11.8 Å². The minimum atomic E-state index is -0.226. The molecular formula is C13H17BrFNO2. The molecule has 0 saturated heterocycles. The van der Waals surface area contributed by atoms with E-state index < -0.39 is 0 Å². The largest absolute Gasteiger partial charge is 0.466 e. The van der Waals surface area contributed by atoms with Crippen LogP contribution in [0.5, 0.6) is 0 Å². The number of esters is 1. The quantitative estimate of drug-likeness (QED) is 0.620. The molecule has 0 bridgehead atoms. The Hall–Kier alpha value is -0.940. The maximum absolute atomic E-state index is 13.4. The fraction of sp³-hybridized carbons (Fsp3) is 0.462. The molecule has 1 aromatic carbocycles. The van der Waals surface area contributed by atoms with Gasteiger partial charge in [-0.3, -0.25) is 4.79 Å². The highest BCUT2D eigenvalue weighted by Crippen LogP contribution is 2.15. The normalized spacial score (nSPS) is 10.4. The Morgan fingerprint density at radius 3 is 3.00 bits per heavy atom. The third-order valence-corrected chi connectivity index (χ3v) is 2.86. The summed E-state index contributed by atoms with van der Waals surface area (Å²) >= 11 is 3.30. The van der Waals surface area contributed by atoms with Crippen LogP contribution in [0.3, 0.4) is 0 Å². The van der Waals surface area contributed by atoms with Crippen molar-refractivity contribution in [1.82, 2.24) is 5.32 Å². The molecule has 0 aromatic heterocycles. The summed E-state index contributed by atoms with van der Waals surface area (Å²) in [5, 5.41) is 3.10. The Labute approximate surface area is 115 Å². The summed E-state index contributed by atoms with van der Waals surface area (Å²) in [6, 6.07) is 4.84. The van der Waals surface area contributed by atoms with Crippen molar-refractivity contribution in [2.45, 2.75) is 26.3 Å². The summed E-state index contributed by atoms with van der Waals surface area (Å²) < 4.78 is 19.0. The second kappa shape index (κ2) is 8.21. The van der Waals surface area contributed by atoms with Crippen LogP contribution in [0.25, 0.3) is 0 Å². The van der Waals surface area contributed by atoms with Crippen molar-refractivity contribution < 1.29 is 13.9 Å². The predicted octanol–water partition coefficient (Wildman–Crippen LogP) is 3.02. The van der Waals surface area contributed by atoms with Gasteiger partial charge in [0.05, 0.1) is 6.61 Å². The monoisotopic (exact) mass is 317 g/mol. The molecule has 0 aliphatic carbocycles. The molecule has 0 aliphatic rings. The highest BCUT2D eigenvalue weighted by Gasteiger charge is 2.03. The van der Waals surface area contributed by atoms with Crippen molar-refractivity contribution in [3.63, 3.8) is 0 Å². The lowest BCUT2D eigenvalue weighted by atomic mass is 10.2. The Bertz CT molecular complexity index is 399. The van der Waals surface area contributed by atoms with Crippen LogP contribution < -0.4 is 5.32 Å². The van der Waals surface area contributed by atoms with E-state index in [4.69, 9.17) is 4.74 Å². The zero-order valence-electron chi connectivity index (χ0n) is 10.3. The first-order valence-corrected chi connectivity index (χ1v) is 6.73. The van der Waals surface area contributed by atoms with E-state index >= 15 is 0 Å². The summed E-state index contributed by atoms with van der Waals surface area (Å²) in [5.74, 6) is -0.413. The summed E-state index contributed by atoms with van der Waals surface area (Å²) in [4.78, 5) is 11.1. The van der Waals surface area contributed by atoms with E-state index in [1.807, 2.05) is 0 Å². The van der Waals surface area contributed by atoms with Crippen LogP contribution in [-0.2, 0) is 16.1 Å². The molecule has 0 spiro atoms. The summed E-state index contributed by atoms with van der Waals surface area (Å²) in [7, 11) is 0. The predicted molar refractivity (Wildman–Crippen MR) is 71.7 cm³/mol. The number of hydrogen-bond donors (Lipinski definition) is 1. The number of ether oxygens (including phenoxy) is 1. The van der Waals surface area contributed by atoms with Gasteiger partial charge in [0, 0.05) is 23.0 Å². The number of nitrogens with one attached hydrogen (secondary N) is 1. The third kappa shape index (κ3) is 5.60. The fourth-order valence-electron chi connectivity index (χ4n) is 1.49. The lowest BCUT2D eigenvalue weighted by Gasteiger charge is -2.06. The number of carbonyl (C=O) groups is 1. The highest BCUT2D eigenvalue weighted by atomic mass is 79.9. The molecule has 0 heterocycles.